The Labute approximate surface area is 174 Å². The summed E-state index contributed by atoms with van der Waals surface area (Å²) in [5.74, 6) is 0.188. The van der Waals surface area contributed by atoms with Crippen molar-refractivity contribution in [2.24, 2.45) is 17.3 Å². The van der Waals surface area contributed by atoms with Crippen LogP contribution in [0.15, 0.2) is 41.5 Å². The predicted molar refractivity (Wildman–Crippen MR) is 113 cm³/mol. The van der Waals surface area contributed by atoms with Gasteiger partial charge in [0.2, 0.25) is 0 Å². The van der Waals surface area contributed by atoms with Crippen LogP contribution >= 0.6 is 0 Å². The number of aliphatic hydroxyl groups excluding tert-OH is 1. The number of rotatable bonds is 5. The zero-order valence-electron chi connectivity index (χ0n) is 18.3. The van der Waals surface area contributed by atoms with Gasteiger partial charge in [0.25, 0.3) is 0 Å². The molecule has 0 bridgehead atoms. The topological polar surface area (TPSA) is 51.0 Å². The summed E-state index contributed by atoms with van der Waals surface area (Å²) in [6.45, 7) is 7.44. The molecular weight excluding hydrogens is 362 g/mol. The molecule has 158 valence electrons. The number of hydrogen-bond acceptors (Lipinski definition) is 3. The summed E-state index contributed by atoms with van der Waals surface area (Å²) in [7, 11) is 2.09. The fraction of sp³-hybridized carbons (Fsp3) is 0.640. The van der Waals surface area contributed by atoms with Gasteiger partial charge < -0.3 is 14.7 Å². The summed E-state index contributed by atoms with van der Waals surface area (Å²) in [6, 6.07) is 9.82. The van der Waals surface area contributed by atoms with Gasteiger partial charge in [0.1, 0.15) is 24.2 Å². The van der Waals surface area contributed by atoms with Crippen LogP contribution in [-0.4, -0.2) is 36.8 Å². The number of nitrogens with one attached hydrogen (secondary N) is 1. The van der Waals surface area contributed by atoms with Crippen molar-refractivity contribution >= 4 is 5.97 Å². The Morgan fingerprint density at radius 3 is 2.76 bits per heavy atom. The second kappa shape index (κ2) is 7.88. The van der Waals surface area contributed by atoms with Crippen molar-refractivity contribution in [3.63, 3.8) is 0 Å². The van der Waals surface area contributed by atoms with Gasteiger partial charge >= 0.3 is 5.97 Å². The molecule has 0 amide bonds. The molecule has 0 aromatic heterocycles. The average molecular weight is 399 g/mol. The van der Waals surface area contributed by atoms with Crippen LogP contribution in [-0.2, 0) is 9.53 Å². The van der Waals surface area contributed by atoms with Gasteiger partial charge in [-0.25, -0.2) is 0 Å². The van der Waals surface area contributed by atoms with E-state index >= 15 is 0 Å². The molecule has 0 radical (unpaired) electrons. The summed E-state index contributed by atoms with van der Waals surface area (Å²) < 4.78 is 5.92. The summed E-state index contributed by atoms with van der Waals surface area (Å²) in [5.41, 5.74) is 4.30. The molecule has 2 N–H and O–H groups in total. The first-order valence-corrected chi connectivity index (χ1v) is 11.2. The minimum atomic E-state index is -0.539. The van der Waals surface area contributed by atoms with Crippen molar-refractivity contribution in [3.8, 4) is 0 Å². The quantitative estimate of drug-likeness (QED) is 0.592. The first kappa shape index (κ1) is 20.6. The summed E-state index contributed by atoms with van der Waals surface area (Å²) in [5, 5.41) is 10.8. The van der Waals surface area contributed by atoms with Crippen LogP contribution in [0.4, 0.5) is 0 Å². The van der Waals surface area contributed by atoms with Crippen LogP contribution in [0.25, 0.3) is 0 Å². The van der Waals surface area contributed by atoms with Gasteiger partial charge in [-0.1, -0.05) is 48.4 Å². The van der Waals surface area contributed by atoms with Crippen molar-refractivity contribution in [1.29, 1.82) is 0 Å². The molecule has 0 spiro atoms. The lowest BCUT2D eigenvalue weighted by atomic mass is 9.59. The summed E-state index contributed by atoms with van der Waals surface area (Å²) in [6.07, 6.45) is 5.18. The number of hydrogen-bond donors (Lipinski definition) is 2. The lowest BCUT2D eigenvalue weighted by molar-refractivity contribution is -0.911. The summed E-state index contributed by atoms with van der Waals surface area (Å²) in [4.78, 5) is 14.0. The Morgan fingerprint density at radius 1 is 1.31 bits per heavy atom. The van der Waals surface area contributed by atoms with E-state index in [1.807, 2.05) is 30.3 Å². The fourth-order valence-electron chi connectivity index (χ4n) is 6.09. The number of quaternary nitrogens is 1. The molecule has 1 saturated heterocycles. The minimum absolute atomic E-state index is 0.00809. The third-order valence-electron chi connectivity index (χ3n) is 8.11. The molecule has 1 aromatic rings. The highest BCUT2D eigenvalue weighted by Gasteiger charge is 2.54. The molecule has 1 aliphatic heterocycles. The molecular formula is C25H36NO3+. The number of likely N-dealkylation sites (N-methyl/N-ethyl adjacent to an activating group) is 1. The van der Waals surface area contributed by atoms with Crippen LogP contribution < -0.4 is 4.90 Å². The van der Waals surface area contributed by atoms with Gasteiger partial charge in [-0.05, 0) is 56.9 Å². The third kappa shape index (κ3) is 3.77. The molecule has 2 aliphatic carbocycles. The van der Waals surface area contributed by atoms with Crippen molar-refractivity contribution in [3.05, 3.63) is 47.0 Å². The van der Waals surface area contributed by atoms with Gasteiger partial charge in [0.05, 0.1) is 13.6 Å². The molecule has 1 unspecified atom stereocenters. The molecule has 2 fully saturated rings. The van der Waals surface area contributed by atoms with E-state index in [1.165, 1.54) is 24.2 Å². The number of ether oxygens (including phenoxy) is 1. The number of fused-ring (bicyclic) bond motifs is 2. The number of benzene rings is 1. The minimum Gasteiger partial charge on any atom is -0.462 e. The van der Waals surface area contributed by atoms with Gasteiger partial charge in [-0.3, -0.25) is 4.79 Å². The molecule has 4 heteroatoms. The first-order valence-electron chi connectivity index (χ1n) is 11.2. The lowest BCUT2D eigenvalue weighted by Crippen LogP contribution is -3.14. The van der Waals surface area contributed by atoms with Crippen molar-refractivity contribution in [2.75, 3.05) is 13.6 Å². The lowest BCUT2D eigenvalue weighted by Gasteiger charge is -2.45. The number of aliphatic hydroxyl groups is 1. The normalized spacial score (nSPS) is 34.8. The molecule has 29 heavy (non-hydrogen) atoms. The van der Waals surface area contributed by atoms with E-state index in [2.05, 4.69) is 27.8 Å². The first-order chi connectivity index (χ1) is 13.8. The maximum Gasteiger partial charge on any atom is 0.315 e. The molecule has 4 nitrogen and oxygen atoms in total. The maximum absolute atomic E-state index is 12.8. The second-order valence-electron chi connectivity index (χ2n) is 10.0. The Morgan fingerprint density at radius 2 is 2.03 bits per heavy atom. The van der Waals surface area contributed by atoms with Crippen molar-refractivity contribution in [1.82, 2.24) is 0 Å². The Kier molecular flexibility index (Phi) is 5.60. The number of allylic oxidation sites excluding steroid dienone is 2. The smallest absolute Gasteiger partial charge is 0.315 e. The van der Waals surface area contributed by atoms with Crippen LogP contribution in [0.1, 0.15) is 64.5 Å². The van der Waals surface area contributed by atoms with E-state index in [0.29, 0.717) is 6.54 Å². The largest absolute Gasteiger partial charge is 0.462 e. The van der Waals surface area contributed by atoms with Crippen LogP contribution in [0.5, 0.6) is 0 Å². The number of carbonyl (C=O) groups excluding carboxylic acids is 1. The highest BCUT2D eigenvalue weighted by atomic mass is 16.6. The third-order valence-corrected chi connectivity index (χ3v) is 8.11. The number of carbonyl (C=O) groups is 1. The molecule has 1 heterocycles. The molecule has 7 atom stereocenters. The van der Waals surface area contributed by atoms with E-state index in [9.17, 15) is 9.90 Å². The average Bonchev–Trinajstić information content (AvgIpc) is 2.99. The van der Waals surface area contributed by atoms with E-state index < -0.39 is 6.10 Å². The second-order valence-corrected chi connectivity index (χ2v) is 10.0. The predicted octanol–water partition coefficient (Wildman–Crippen LogP) is 3.08. The van der Waals surface area contributed by atoms with Crippen LogP contribution in [0, 0.1) is 17.3 Å². The van der Waals surface area contributed by atoms with Crippen molar-refractivity contribution < 1.29 is 19.5 Å². The van der Waals surface area contributed by atoms with E-state index in [4.69, 9.17) is 4.74 Å². The molecule has 4 rings (SSSR count). The van der Waals surface area contributed by atoms with Gasteiger partial charge in [-0.2, -0.15) is 0 Å². The van der Waals surface area contributed by atoms with Gasteiger partial charge in [0.15, 0.2) is 0 Å². The number of esters is 1. The highest BCUT2D eigenvalue weighted by Crippen LogP contribution is 2.54. The SMILES string of the molecule is CC1=C2C[C@H]3[C@@H](C[C@@]2(C)CCC1)OC(=O)[C@@H]3C[NH+](C)[C@@H](C)[C@@H](O)c1ccccc1. The Balaban J connectivity index is 1.48. The van der Waals surface area contributed by atoms with Gasteiger partial charge in [0, 0.05) is 5.92 Å². The fourth-order valence-corrected chi connectivity index (χ4v) is 6.09. The Bertz CT molecular complexity index is 789. The van der Waals surface area contributed by atoms with E-state index in [1.54, 1.807) is 11.1 Å². The zero-order chi connectivity index (χ0) is 20.8. The zero-order valence-corrected chi connectivity index (χ0v) is 18.3. The van der Waals surface area contributed by atoms with Gasteiger partial charge in [-0.15, -0.1) is 0 Å². The van der Waals surface area contributed by atoms with Crippen molar-refractivity contribution in [2.45, 2.75) is 71.1 Å². The van der Waals surface area contributed by atoms with E-state index in [0.717, 1.165) is 18.4 Å². The maximum atomic E-state index is 12.8. The standard InChI is InChI=1S/C25H35NO3/c1-16-9-8-12-25(3)14-22-19(13-21(16)25)20(24(28)29-22)15-26(4)17(2)23(27)18-10-6-5-7-11-18/h5-7,10-11,17,19-20,22-23,27H,8-9,12-15H2,1-4H3/p+1/t17-,19+,20+,22+,23+,25+/m0/s1. The summed E-state index contributed by atoms with van der Waals surface area (Å²) >= 11 is 0. The highest BCUT2D eigenvalue weighted by molar-refractivity contribution is 5.75. The molecule has 1 aromatic carbocycles. The molecule has 1 saturated carbocycles. The Hall–Kier alpha value is -1.65. The van der Waals surface area contributed by atoms with Crippen LogP contribution in [0.3, 0.4) is 0 Å². The van der Waals surface area contributed by atoms with E-state index in [-0.39, 0.29) is 35.4 Å². The monoisotopic (exact) mass is 398 g/mol. The molecule has 3 aliphatic rings. The van der Waals surface area contributed by atoms with Crippen LogP contribution in [0.2, 0.25) is 0 Å².